The summed E-state index contributed by atoms with van der Waals surface area (Å²) in [6.07, 6.45) is 4.93. The van der Waals surface area contributed by atoms with Crippen LogP contribution in [0.25, 0.3) is 0 Å². The predicted octanol–water partition coefficient (Wildman–Crippen LogP) is 2.91. The number of carbonyl (C=O) groups excluding carboxylic acids is 2. The zero-order valence-electron chi connectivity index (χ0n) is 15.7. The fourth-order valence-electron chi connectivity index (χ4n) is 3.41. The summed E-state index contributed by atoms with van der Waals surface area (Å²) in [5, 5.41) is 5.60. The van der Waals surface area contributed by atoms with Gasteiger partial charge in [-0.3, -0.25) is 4.79 Å². The van der Waals surface area contributed by atoms with Crippen LogP contribution in [0.5, 0.6) is 0 Å². The zero-order valence-corrected chi connectivity index (χ0v) is 15.7. The van der Waals surface area contributed by atoms with E-state index in [1.54, 1.807) is 19.0 Å². The molecule has 3 amide bonds. The number of urea groups is 1. The van der Waals surface area contributed by atoms with Gasteiger partial charge in [-0.25, -0.2) is 4.79 Å². The standard InChI is InChI=1S/C19H30N4O2/c1-14(18(24)20-2)13-22(3)19(25)21-16-11-7-8-12-17(16)23(4)15-9-5-6-10-15/h7-8,11-12,14-15H,5-6,9-10,13H2,1-4H3,(H,20,24)(H,21,25). The first-order valence-electron chi connectivity index (χ1n) is 8.99. The van der Waals surface area contributed by atoms with Crippen LogP contribution in [0, 0.1) is 5.92 Å². The SMILES string of the molecule is CNC(=O)C(C)CN(C)C(=O)Nc1ccccc1N(C)C1CCCC1. The maximum Gasteiger partial charge on any atom is 0.321 e. The number of nitrogens with one attached hydrogen (secondary N) is 2. The summed E-state index contributed by atoms with van der Waals surface area (Å²) in [5.41, 5.74) is 1.84. The Morgan fingerprint density at radius 3 is 2.48 bits per heavy atom. The molecule has 0 heterocycles. The summed E-state index contributed by atoms with van der Waals surface area (Å²) in [6.45, 7) is 2.18. The van der Waals surface area contributed by atoms with E-state index in [9.17, 15) is 9.59 Å². The van der Waals surface area contributed by atoms with Crippen molar-refractivity contribution in [3.05, 3.63) is 24.3 Å². The fourth-order valence-corrected chi connectivity index (χ4v) is 3.41. The van der Waals surface area contributed by atoms with Crippen molar-refractivity contribution < 1.29 is 9.59 Å². The fraction of sp³-hybridized carbons (Fsp3) is 0.579. The highest BCUT2D eigenvalue weighted by atomic mass is 16.2. The van der Waals surface area contributed by atoms with Crippen molar-refractivity contribution in [2.75, 3.05) is 37.9 Å². The van der Waals surface area contributed by atoms with Gasteiger partial charge >= 0.3 is 6.03 Å². The first-order valence-corrected chi connectivity index (χ1v) is 8.99. The molecule has 1 atom stereocenters. The van der Waals surface area contributed by atoms with Gasteiger partial charge in [-0.05, 0) is 25.0 Å². The predicted molar refractivity (Wildman–Crippen MR) is 102 cm³/mol. The molecule has 25 heavy (non-hydrogen) atoms. The Kier molecular flexibility index (Phi) is 6.67. The largest absolute Gasteiger partial charge is 0.370 e. The number of carbonyl (C=O) groups is 2. The second-order valence-electron chi connectivity index (χ2n) is 6.89. The molecule has 6 heteroatoms. The van der Waals surface area contributed by atoms with E-state index < -0.39 is 0 Å². The minimum atomic E-state index is -0.253. The molecule has 0 bridgehead atoms. The van der Waals surface area contributed by atoms with Crippen LogP contribution in [-0.2, 0) is 4.79 Å². The first kappa shape index (κ1) is 19.1. The van der Waals surface area contributed by atoms with Crippen LogP contribution in [0.2, 0.25) is 0 Å². The third-order valence-electron chi connectivity index (χ3n) is 4.99. The molecule has 1 aromatic carbocycles. The maximum atomic E-state index is 12.5. The lowest BCUT2D eigenvalue weighted by Crippen LogP contribution is -2.39. The molecule has 1 saturated carbocycles. The van der Waals surface area contributed by atoms with Gasteiger partial charge in [0.15, 0.2) is 0 Å². The molecule has 0 saturated heterocycles. The number of rotatable bonds is 6. The van der Waals surface area contributed by atoms with Crippen LogP contribution in [0.15, 0.2) is 24.3 Å². The van der Waals surface area contributed by atoms with Crippen LogP contribution >= 0.6 is 0 Å². The Morgan fingerprint density at radius 2 is 1.84 bits per heavy atom. The topological polar surface area (TPSA) is 64.7 Å². The number of hydrogen-bond donors (Lipinski definition) is 2. The number of hydrogen-bond acceptors (Lipinski definition) is 3. The van der Waals surface area contributed by atoms with E-state index in [0.29, 0.717) is 12.6 Å². The van der Waals surface area contributed by atoms with Crippen LogP contribution in [0.4, 0.5) is 16.2 Å². The highest BCUT2D eigenvalue weighted by Crippen LogP contribution is 2.31. The lowest BCUT2D eigenvalue weighted by Gasteiger charge is -2.29. The average Bonchev–Trinajstić information content (AvgIpc) is 3.15. The molecular weight excluding hydrogens is 316 g/mol. The summed E-state index contributed by atoms with van der Waals surface area (Å²) in [7, 11) is 5.41. The van der Waals surface area contributed by atoms with E-state index in [1.807, 2.05) is 31.2 Å². The van der Waals surface area contributed by atoms with Gasteiger partial charge in [-0.15, -0.1) is 0 Å². The van der Waals surface area contributed by atoms with Crippen LogP contribution < -0.4 is 15.5 Å². The Bertz CT molecular complexity index is 599. The van der Waals surface area contributed by atoms with E-state index in [-0.39, 0.29) is 17.9 Å². The molecule has 1 unspecified atom stereocenters. The normalized spacial score (nSPS) is 15.5. The van der Waals surface area contributed by atoms with Crippen molar-refractivity contribution in [2.24, 2.45) is 5.92 Å². The molecule has 6 nitrogen and oxygen atoms in total. The highest BCUT2D eigenvalue weighted by Gasteiger charge is 2.23. The molecule has 2 N–H and O–H groups in total. The molecule has 0 aliphatic heterocycles. The van der Waals surface area contributed by atoms with Crippen LogP contribution in [0.1, 0.15) is 32.6 Å². The van der Waals surface area contributed by atoms with Gasteiger partial charge in [0.25, 0.3) is 0 Å². The average molecular weight is 346 g/mol. The molecule has 1 fully saturated rings. The smallest absolute Gasteiger partial charge is 0.321 e. The van der Waals surface area contributed by atoms with Crippen LogP contribution in [-0.4, -0.2) is 50.6 Å². The van der Waals surface area contributed by atoms with Gasteiger partial charge in [0, 0.05) is 33.7 Å². The van der Waals surface area contributed by atoms with Gasteiger partial charge in [-0.2, -0.15) is 0 Å². The van der Waals surface area contributed by atoms with Crippen molar-refractivity contribution in [1.29, 1.82) is 0 Å². The summed E-state index contributed by atoms with van der Waals surface area (Å²) >= 11 is 0. The van der Waals surface area contributed by atoms with E-state index in [2.05, 4.69) is 22.6 Å². The molecule has 0 aromatic heterocycles. The second kappa shape index (κ2) is 8.74. The maximum absolute atomic E-state index is 12.5. The number of nitrogens with zero attached hydrogens (tertiary/aromatic N) is 2. The molecule has 2 rings (SSSR count). The quantitative estimate of drug-likeness (QED) is 0.832. The third kappa shape index (κ3) is 4.87. The zero-order chi connectivity index (χ0) is 18.4. The summed E-state index contributed by atoms with van der Waals surface area (Å²) < 4.78 is 0. The van der Waals surface area contributed by atoms with E-state index in [0.717, 1.165) is 11.4 Å². The Hall–Kier alpha value is -2.24. The van der Waals surface area contributed by atoms with Gasteiger partial charge in [-0.1, -0.05) is 31.9 Å². The van der Waals surface area contributed by atoms with Crippen molar-refractivity contribution in [3.63, 3.8) is 0 Å². The molecule has 138 valence electrons. The van der Waals surface area contributed by atoms with Gasteiger partial charge in [0.2, 0.25) is 5.91 Å². The van der Waals surface area contributed by atoms with Crippen LogP contribution in [0.3, 0.4) is 0 Å². The van der Waals surface area contributed by atoms with Crippen molar-refractivity contribution >= 4 is 23.3 Å². The van der Waals surface area contributed by atoms with Gasteiger partial charge in [0.05, 0.1) is 17.3 Å². The van der Waals surface area contributed by atoms with Crippen molar-refractivity contribution in [1.82, 2.24) is 10.2 Å². The molecule has 1 aliphatic carbocycles. The van der Waals surface area contributed by atoms with Crippen molar-refractivity contribution in [2.45, 2.75) is 38.6 Å². The summed E-state index contributed by atoms with van der Waals surface area (Å²) in [4.78, 5) is 28.0. The monoisotopic (exact) mass is 346 g/mol. The van der Waals surface area contributed by atoms with E-state index >= 15 is 0 Å². The molecule has 0 spiro atoms. The lowest BCUT2D eigenvalue weighted by atomic mass is 10.1. The minimum absolute atomic E-state index is 0.0685. The van der Waals surface area contributed by atoms with E-state index in [1.165, 1.54) is 25.7 Å². The number of amides is 3. The Labute approximate surface area is 150 Å². The van der Waals surface area contributed by atoms with Gasteiger partial charge in [0.1, 0.15) is 0 Å². The second-order valence-corrected chi connectivity index (χ2v) is 6.89. The van der Waals surface area contributed by atoms with E-state index in [4.69, 9.17) is 0 Å². The van der Waals surface area contributed by atoms with Gasteiger partial charge < -0.3 is 20.4 Å². The molecule has 1 aromatic rings. The first-order chi connectivity index (χ1) is 11.9. The van der Waals surface area contributed by atoms with Crippen molar-refractivity contribution in [3.8, 4) is 0 Å². The number of benzene rings is 1. The summed E-state index contributed by atoms with van der Waals surface area (Å²) in [6, 6.07) is 8.21. The Balaban J connectivity index is 2.04. The molecular formula is C19H30N4O2. The minimum Gasteiger partial charge on any atom is -0.370 e. The number of para-hydroxylation sites is 2. The third-order valence-corrected chi connectivity index (χ3v) is 4.99. The molecule has 0 radical (unpaired) electrons. The number of anilines is 2. The molecule has 1 aliphatic rings. The Morgan fingerprint density at radius 1 is 1.20 bits per heavy atom. The summed E-state index contributed by atoms with van der Waals surface area (Å²) in [5.74, 6) is -0.321. The lowest BCUT2D eigenvalue weighted by molar-refractivity contribution is -0.124. The highest BCUT2D eigenvalue weighted by molar-refractivity contribution is 5.93.